The van der Waals surface area contributed by atoms with Crippen LogP contribution in [0.1, 0.15) is 150 Å². The van der Waals surface area contributed by atoms with Crippen molar-refractivity contribution < 1.29 is 4.12 Å². The fraction of sp³-hybridized carbons (Fsp3) is 0.500. The van der Waals surface area contributed by atoms with Crippen molar-refractivity contribution >= 4 is 38.8 Å². The molecule has 0 saturated carbocycles. The third-order valence-corrected chi connectivity index (χ3v) is 17.1. The first kappa shape index (κ1) is 41.0. The molecule has 0 fully saturated rings. The van der Waals surface area contributed by atoms with Gasteiger partial charge in [0.25, 0.3) is 18.1 Å². The van der Waals surface area contributed by atoms with Gasteiger partial charge in [-0.3, -0.25) is 0 Å². The highest BCUT2D eigenvalue weighted by Gasteiger charge is 2.35. The van der Waals surface area contributed by atoms with Crippen LogP contribution in [0.4, 0.5) is 0 Å². The summed E-state index contributed by atoms with van der Waals surface area (Å²) in [6.45, 7) is 28.2. The van der Waals surface area contributed by atoms with E-state index in [1.807, 2.05) is 0 Å². The molecule has 0 heterocycles. The maximum absolute atomic E-state index is 8.26. The van der Waals surface area contributed by atoms with Crippen molar-refractivity contribution in [1.29, 1.82) is 0 Å². The van der Waals surface area contributed by atoms with E-state index in [4.69, 9.17) is 4.12 Å². The van der Waals surface area contributed by atoms with Crippen LogP contribution in [0.3, 0.4) is 0 Å². The molecule has 3 heteroatoms. The maximum Gasteiger partial charge on any atom is 0.273 e. The molecule has 4 aromatic rings. The molecule has 0 aliphatic heterocycles. The fourth-order valence-electron chi connectivity index (χ4n) is 9.13. The van der Waals surface area contributed by atoms with Gasteiger partial charge in [0, 0.05) is 0 Å². The van der Waals surface area contributed by atoms with Gasteiger partial charge in [-0.05, 0) is 165 Å². The predicted octanol–water partition coefficient (Wildman–Crippen LogP) is 9.36. The zero-order valence-corrected chi connectivity index (χ0v) is 36.5. The van der Waals surface area contributed by atoms with Crippen LogP contribution in [0, 0.1) is 0 Å². The Bertz CT molecular complexity index is 1510. The van der Waals surface area contributed by atoms with Crippen LogP contribution < -0.4 is 20.7 Å². The smallest absolute Gasteiger partial charge is 0.273 e. The van der Waals surface area contributed by atoms with E-state index in [0.717, 1.165) is 77.0 Å². The van der Waals surface area contributed by atoms with Crippen LogP contribution in [-0.4, -0.2) is 18.1 Å². The topological polar surface area (TPSA) is 9.23 Å². The van der Waals surface area contributed by atoms with Gasteiger partial charge in [-0.25, -0.2) is 0 Å². The molecule has 0 spiro atoms. The normalized spacial score (nSPS) is 11.7. The van der Waals surface area contributed by atoms with Crippen LogP contribution >= 0.6 is 0 Å². The van der Waals surface area contributed by atoms with E-state index >= 15 is 0 Å². The molecule has 51 heavy (non-hydrogen) atoms. The minimum atomic E-state index is -1.66. The SMILES string of the molecule is CCc1ccc([Si](O[Si](c2ccc(CC)c(CC)c2CC)c2ccc(CC)c(CC)c2CC)c2ccc(CC)c(CC)c2CC)c(CC)c1CC. The molecular formula is C48H68OSi2. The molecule has 4 aromatic carbocycles. The summed E-state index contributed by atoms with van der Waals surface area (Å²) in [4.78, 5) is 0. The Kier molecular flexibility index (Phi) is 15.6. The molecule has 274 valence electrons. The highest BCUT2D eigenvalue weighted by molar-refractivity contribution is 6.92. The third kappa shape index (κ3) is 8.11. The molecule has 0 N–H and O–H groups in total. The predicted molar refractivity (Wildman–Crippen MR) is 229 cm³/mol. The van der Waals surface area contributed by atoms with Crippen molar-refractivity contribution in [2.75, 3.05) is 0 Å². The third-order valence-electron chi connectivity index (χ3n) is 11.6. The van der Waals surface area contributed by atoms with Gasteiger partial charge < -0.3 is 4.12 Å². The maximum atomic E-state index is 8.26. The Hall–Kier alpha value is -2.73. The molecular weight excluding hydrogens is 649 g/mol. The summed E-state index contributed by atoms with van der Waals surface area (Å²) >= 11 is 0. The number of benzene rings is 4. The Morgan fingerprint density at radius 1 is 0.275 bits per heavy atom. The highest BCUT2D eigenvalue weighted by atomic mass is 28.4. The lowest BCUT2D eigenvalue weighted by Crippen LogP contribution is -2.59. The minimum absolute atomic E-state index is 1.04. The average Bonchev–Trinajstić information content (AvgIpc) is 3.18. The Balaban J connectivity index is 2.19. The van der Waals surface area contributed by atoms with Gasteiger partial charge >= 0.3 is 0 Å². The summed E-state index contributed by atoms with van der Waals surface area (Å²) in [5, 5.41) is 5.94. The molecule has 0 bridgehead atoms. The first-order valence-corrected chi connectivity index (χ1v) is 23.6. The minimum Gasteiger partial charge on any atom is -0.442 e. The van der Waals surface area contributed by atoms with E-state index in [1.54, 1.807) is 44.5 Å². The summed E-state index contributed by atoms with van der Waals surface area (Å²) < 4.78 is 8.26. The first-order chi connectivity index (χ1) is 24.8. The fourth-order valence-corrected chi connectivity index (χ4v) is 15.6. The largest absolute Gasteiger partial charge is 0.442 e. The summed E-state index contributed by atoms with van der Waals surface area (Å²) in [6, 6.07) is 19.8. The van der Waals surface area contributed by atoms with Crippen molar-refractivity contribution in [3.05, 3.63) is 115 Å². The molecule has 0 aliphatic rings. The number of hydrogen-bond acceptors (Lipinski definition) is 1. The van der Waals surface area contributed by atoms with Crippen LogP contribution in [-0.2, 0) is 81.2 Å². The Morgan fingerprint density at radius 3 is 0.627 bits per heavy atom. The lowest BCUT2D eigenvalue weighted by Gasteiger charge is -2.32. The van der Waals surface area contributed by atoms with Gasteiger partial charge in [0.2, 0.25) is 0 Å². The quantitative estimate of drug-likeness (QED) is 0.0933. The zero-order valence-electron chi connectivity index (χ0n) is 34.5. The summed E-state index contributed by atoms with van der Waals surface area (Å²) in [5.41, 5.74) is 18.4. The van der Waals surface area contributed by atoms with E-state index in [9.17, 15) is 0 Å². The molecule has 0 amide bonds. The van der Waals surface area contributed by atoms with Gasteiger partial charge in [0.15, 0.2) is 0 Å². The number of hydrogen-bond donors (Lipinski definition) is 0. The van der Waals surface area contributed by atoms with E-state index in [-0.39, 0.29) is 0 Å². The highest BCUT2D eigenvalue weighted by Crippen LogP contribution is 2.24. The average molecular weight is 717 g/mol. The number of aryl methyl sites for hydroxylation is 4. The molecule has 0 saturated heterocycles. The lowest BCUT2D eigenvalue weighted by atomic mass is 9.95. The number of rotatable bonds is 18. The van der Waals surface area contributed by atoms with Crippen molar-refractivity contribution in [2.45, 2.75) is 160 Å². The second kappa shape index (κ2) is 19.4. The van der Waals surface area contributed by atoms with Crippen molar-refractivity contribution in [1.82, 2.24) is 0 Å². The van der Waals surface area contributed by atoms with E-state index in [1.165, 1.54) is 43.0 Å². The summed E-state index contributed by atoms with van der Waals surface area (Å²) in [7, 11) is -3.32. The molecule has 0 aliphatic carbocycles. The van der Waals surface area contributed by atoms with Crippen molar-refractivity contribution in [3.8, 4) is 0 Å². The standard InChI is InChI=1S/C48H68OSi2/c1-13-33-25-29-45(41(21-9)37(33)17-5)50(46-30-26-34(14-2)38(18-6)42(46)22-10)49-51(47-31-27-35(15-3)39(19-7)43(47)23-11)48-32-28-36(16-4)40(20-8)44(48)24-12/h25-32H,13-24H2,1-12H3. The van der Waals surface area contributed by atoms with E-state index in [2.05, 4.69) is 132 Å². The molecule has 4 rings (SSSR count). The van der Waals surface area contributed by atoms with E-state index < -0.39 is 18.1 Å². The van der Waals surface area contributed by atoms with Crippen LogP contribution in [0.25, 0.3) is 0 Å². The molecule has 0 aromatic heterocycles. The van der Waals surface area contributed by atoms with Gasteiger partial charge in [0.1, 0.15) is 0 Å². The Labute approximate surface area is 317 Å². The molecule has 1 nitrogen and oxygen atoms in total. The molecule has 2 radical (unpaired) electrons. The first-order valence-electron chi connectivity index (χ1n) is 20.8. The van der Waals surface area contributed by atoms with Gasteiger partial charge in [-0.2, -0.15) is 0 Å². The van der Waals surface area contributed by atoms with Crippen molar-refractivity contribution in [3.63, 3.8) is 0 Å². The van der Waals surface area contributed by atoms with Gasteiger partial charge in [0.05, 0.1) is 0 Å². The summed E-state index contributed by atoms with van der Waals surface area (Å²) in [5.74, 6) is 0. The lowest BCUT2D eigenvalue weighted by molar-refractivity contribution is 0.630. The van der Waals surface area contributed by atoms with Gasteiger partial charge in [-0.1, -0.05) is 132 Å². The second-order valence-corrected chi connectivity index (χ2v) is 18.2. The Morgan fingerprint density at radius 2 is 0.471 bits per heavy atom. The summed E-state index contributed by atoms with van der Waals surface area (Å²) in [6.07, 6.45) is 12.7. The van der Waals surface area contributed by atoms with Crippen LogP contribution in [0.2, 0.25) is 0 Å². The van der Waals surface area contributed by atoms with Crippen LogP contribution in [0.15, 0.2) is 48.5 Å². The van der Waals surface area contributed by atoms with Crippen LogP contribution in [0.5, 0.6) is 0 Å². The van der Waals surface area contributed by atoms with Crippen molar-refractivity contribution in [2.24, 2.45) is 0 Å². The van der Waals surface area contributed by atoms with E-state index in [0.29, 0.717) is 0 Å². The second-order valence-electron chi connectivity index (χ2n) is 13.9. The molecule has 0 atom stereocenters. The van der Waals surface area contributed by atoms with Gasteiger partial charge in [-0.15, -0.1) is 0 Å². The molecule has 0 unspecified atom stereocenters. The monoisotopic (exact) mass is 716 g/mol. The zero-order chi connectivity index (χ0) is 37.2.